The fourth-order valence-electron chi connectivity index (χ4n) is 2.78. The largest absolute Gasteiger partial charge is 0.325 e. The molecule has 29 heavy (non-hydrogen) atoms. The number of thiophene rings is 1. The third-order valence-corrected chi connectivity index (χ3v) is 7.93. The summed E-state index contributed by atoms with van der Waals surface area (Å²) in [6, 6.07) is 19.1. The van der Waals surface area contributed by atoms with Gasteiger partial charge in [-0.1, -0.05) is 49.4 Å². The van der Waals surface area contributed by atoms with Crippen LogP contribution in [-0.4, -0.2) is 20.4 Å². The maximum absolute atomic E-state index is 12.9. The smallest absolute Gasteiger partial charge is 0.250 e. The lowest BCUT2D eigenvalue weighted by molar-refractivity contribution is -0.117. The molecule has 5 nitrogen and oxygen atoms in total. The molecular weight excluding hydrogens is 472 g/mol. The van der Waals surface area contributed by atoms with Crippen LogP contribution in [0.5, 0.6) is 0 Å². The van der Waals surface area contributed by atoms with Gasteiger partial charge < -0.3 is 5.32 Å². The number of rotatable bonds is 8. The Balaban J connectivity index is 1.82. The highest BCUT2D eigenvalue weighted by Crippen LogP contribution is 2.26. The van der Waals surface area contributed by atoms with Gasteiger partial charge in [-0.05, 0) is 64.2 Å². The van der Waals surface area contributed by atoms with E-state index in [1.807, 2.05) is 54.6 Å². The van der Waals surface area contributed by atoms with Crippen LogP contribution < -0.4 is 10.0 Å². The van der Waals surface area contributed by atoms with Crippen LogP contribution in [0.2, 0.25) is 0 Å². The van der Waals surface area contributed by atoms with Crippen molar-refractivity contribution in [2.24, 2.45) is 0 Å². The van der Waals surface area contributed by atoms with Crippen molar-refractivity contribution >= 4 is 48.9 Å². The predicted molar refractivity (Wildman–Crippen MR) is 121 cm³/mol. The van der Waals surface area contributed by atoms with Crippen LogP contribution in [0.1, 0.15) is 18.1 Å². The number of aryl methyl sites for hydroxylation is 1. The second-order valence-corrected chi connectivity index (χ2v) is 10.9. The van der Waals surface area contributed by atoms with Gasteiger partial charge in [-0.25, -0.2) is 8.42 Å². The Hall–Kier alpha value is -2.00. The third-order valence-electron chi connectivity index (χ3n) is 4.34. The van der Waals surface area contributed by atoms with Crippen LogP contribution in [0, 0.1) is 0 Å². The number of halogens is 1. The highest BCUT2D eigenvalue weighted by molar-refractivity contribution is 9.11. The molecule has 3 rings (SSSR count). The molecule has 3 aromatic rings. The minimum Gasteiger partial charge on any atom is -0.325 e. The normalized spacial score (nSPS) is 12.5. The van der Waals surface area contributed by atoms with Gasteiger partial charge in [0.2, 0.25) is 5.91 Å². The van der Waals surface area contributed by atoms with Crippen molar-refractivity contribution in [2.75, 3.05) is 5.32 Å². The van der Waals surface area contributed by atoms with Gasteiger partial charge in [0.1, 0.15) is 10.3 Å². The summed E-state index contributed by atoms with van der Waals surface area (Å²) in [5, 5.41) is 2.82. The molecule has 0 bridgehead atoms. The molecule has 0 aliphatic carbocycles. The summed E-state index contributed by atoms with van der Waals surface area (Å²) in [7, 11) is -3.83. The summed E-state index contributed by atoms with van der Waals surface area (Å²) in [6.07, 6.45) is 1.15. The summed E-state index contributed by atoms with van der Waals surface area (Å²) in [5.41, 5.74) is 2.65. The molecule has 8 heteroatoms. The number of carbonyl (C=O) groups is 1. The topological polar surface area (TPSA) is 75.3 Å². The van der Waals surface area contributed by atoms with Gasteiger partial charge in [-0.2, -0.15) is 4.72 Å². The van der Waals surface area contributed by atoms with Crippen LogP contribution >= 0.6 is 27.3 Å². The summed E-state index contributed by atoms with van der Waals surface area (Å²) < 4.78 is 29.0. The molecule has 1 amide bonds. The zero-order valence-corrected chi connectivity index (χ0v) is 19.0. The van der Waals surface area contributed by atoms with E-state index in [9.17, 15) is 13.2 Å². The molecule has 0 aliphatic rings. The maximum Gasteiger partial charge on any atom is 0.250 e. The Labute approximate surface area is 183 Å². The molecule has 1 atom stereocenters. The molecule has 0 saturated heterocycles. The molecule has 1 heterocycles. The molecular formula is C21H21BrN2O3S2. The van der Waals surface area contributed by atoms with Crippen molar-refractivity contribution in [3.8, 4) is 0 Å². The van der Waals surface area contributed by atoms with E-state index in [-0.39, 0.29) is 10.6 Å². The van der Waals surface area contributed by atoms with Gasteiger partial charge >= 0.3 is 0 Å². The van der Waals surface area contributed by atoms with Crippen LogP contribution in [-0.2, 0) is 27.7 Å². The number of anilines is 1. The molecule has 0 spiro atoms. The number of hydrogen-bond donors (Lipinski definition) is 2. The fraction of sp³-hybridized carbons (Fsp3) is 0.190. The third kappa shape index (κ3) is 5.99. The van der Waals surface area contributed by atoms with E-state index in [1.54, 1.807) is 6.07 Å². The Morgan fingerprint density at radius 2 is 1.69 bits per heavy atom. The van der Waals surface area contributed by atoms with Crippen molar-refractivity contribution in [3.05, 3.63) is 81.6 Å². The van der Waals surface area contributed by atoms with E-state index in [0.29, 0.717) is 9.47 Å². The maximum atomic E-state index is 12.9. The summed E-state index contributed by atoms with van der Waals surface area (Å²) >= 11 is 4.37. The van der Waals surface area contributed by atoms with Crippen molar-refractivity contribution < 1.29 is 13.2 Å². The number of amides is 1. The fourth-order valence-corrected chi connectivity index (χ4v) is 6.00. The molecule has 1 aromatic heterocycles. The van der Waals surface area contributed by atoms with E-state index < -0.39 is 22.0 Å². The Kier molecular flexibility index (Phi) is 7.23. The average Bonchev–Trinajstić information content (AvgIpc) is 3.16. The molecule has 0 fully saturated rings. The number of carbonyl (C=O) groups excluding carboxylic acids is 1. The number of sulfonamides is 1. The summed E-state index contributed by atoms with van der Waals surface area (Å²) in [5.74, 6) is -0.405. The Bertz CT molecular complexity index is 1060. The van der Waals surface area contributed by atoms with Crippen LogP contribution in [0.25, 0.3) is 0 Å². The Morgan fingerprint density at radius 3 is 2.28 bits per heavy atom. The first-order valence-corrected chi connectivity index (χ1v) is 12.2. The van der Waals surface area contributed by atoms with Gasteiger partial charge in [0.25, 0.3) is 10.0 Å². The first-order chi connectivity index (χ1) is 13.9. The Morgan fingerprint density at radius 1 is 1.00 bits per heavy atom. The summed E-state index contributed by atoms with van der Waals surface area (Å²) in [4.78, 5) is 12.9. The van der Waals surface area contributed by atoms with Crippen molar-refractivity contribution in [1.29, 1.82) is 0 Å². The minimum atomic E-state index is -3.83. The van der Waals surface area contributed by atoms with Crippen LogP contribution in [0.3, 0.4) is 0 Å². The predicted octanol–water partition coefficient (Wildman–Crippen LogP) is 4.60. The van der Waals surface area contributed by atoms with Gasteiger partial charge in [0, 0.05) is 5.69 Å². The molecule has 0 unspecified atom stereocenters. The lowest BCUT2D eigenvalue weighted by Gasteiger charge is -2.18. The highest BCUT2D eigenvalue weighted by Gasteiger charge is 2.27. The van der Waals surface area contributed by atoms with E-state index in [1.165, 1.54) is 6.07 Å². The van der Waals surface area contributed by atoms with Gasteiger partial charge in [-0.3, -0.25) is 4.79 Å². The molecule has 0 saturated carbocycles. The van der Waals surface area contributed by atoms with E-state index >= 15 is 0 Å². The highest BCUT2D eigenvalue weighted by atomic mass is 79.9. The monoisotopic (exact) mass is 492 g/mol. The van der Waals surface area contributed by atoms with E-state index in [4.69, 9.17) is 0 Å². The van der Waals surface area contributed by atoms with Gasteiger partial charge in [0.15, 0.2) is 0 Å². The first kappa shape index (κ1) is 21.7. The van der Waals surface area contributed by atoms with Crippen LogP contribution in [0.15, 0.2) is 74.7 Å². The van der Waals surface area contributed by atoms with Crippen LogP contribution in [0.4, 0.5) is 5.69 Å². The lowest BCUT2D eigenvalue weighted by atomic mass is 10.1. The van der Waals surface area contributed by atoms with E-state index in [2.05, 4.69) is 32.9 Å². The zero-order chi connectivity index (χ0) is 20.9. The number of benzene rings is 2. The van der Waals surface area contributed by atoms with Crippen molar-refractivity contribution in [1.82, 2.24) is 4.72 Å². The lowest BCUT2D eigenvalue weighted by Crippen LogP contribution is -2.45. The molecule has 0 aliphatic heterocycles. The standard InChI is InChI=1S/C21H21BrN2O3S2/c1-2-15-8-10-17(11-9-15)23-21(25)18(14-16-6-4-3-5-7-16)24-29(26,27)20-13-12-19(22)28-20/h3-13,18,24H,2,14H2,1H3,(H,23,25)/t18-/m0/s1. The van der Waals surface area contributed by atoms with E-state index in [0.717, 1.165) is 28.9 Å². The minimum absolute atomic E-state index is 0.155. The SMILES string of the molecule is CCc1ccc(NC(=O)[C@H](Cc2ccccc2)NS(=O)(=O)c2ccc(Br)s2)cc1. The van der Waals surface area contributed by atoms with Crippen molar-refractivity contribution in [3.63, 3.8) is 0 Å². The second-order valence-electron chi connectivity index (χ2n) is 6.46. The first-order valence-electron chi connectivity index (χ1n) is 9.09. The molecule has 152 valence electrons. The number of hydrogen-bond acceptors (Lipinski definition) is 4. The molecule has 0 radical (unpaired) electrons. The second kappa shape index (κ2) is 9.67. The van der Waals surface area contributed by atoms with Crippen molar-refractivity contribution in [2.45, 2.75) is 30.0 Å². The molecule has 2 aromatic carbocycles. The quantitative estimate of drug-likeness (QED) is 0.482. The average molecular weight is 493 g/mol. The summed E-state index contributed by atoms with van der Waals surface area (Å²) in [6.45, 7) is 2.06. The van der Waals surface area contributed by atoms with Gasteiger partial charge in [0.05, 0.1) is 3.79 Å². The molecule has 2 N–H and O–H groups in total. The zero-order valence-electron chi connectivity index (χ0n) is 15.8. The van der Waals surface area contributed by atoms with Gasteiger partial charge in [-0.15, -0.1) is 11.3 Å². The number of nitrogens with one attached hydrogen (secondary N) is 2.